The van der Waals surface area contributed by atoms with Crippen molar-refractivity contribution in [3.63, 3.8) is 0 Å². The molecule has 0 bridgehead atoms. The first-order valence-electron chi connectivity index (χ1n) is 4.93. The average molecular weight is 253 g/mol. The normalized spacial score (nSPS) is 10.4. The fraction of sp³-hybridized carbons (Fsp3) is 0.250. The molecule has 0 unspecified atom stereocenters. The predicted molar refractivity (Wildman–Crippen MR) is 63.6 cm³/mol. The van der Waals surface area contributed by atoms with Gasteiger partial charge in [0.25, 0.3) is 0 Å². The second-order valence-corrected chi connectivity index (χ2v) is 3.82. The van der Waals surface area contributed by atoms with Crippen LogP contribution in [0.15, 0.2) is 16.7 Å². The number of benzene rings is 1. The van der Waals surface area contributed by atoms with E-state index in [-0.39, 0.29) is 0 Å². The third-order valence-electron chi connectivity index (χ3n) is 2.44. The highest BCUT2D eigenvalue weighted by Gasteiger charge is 2.15. The summed E-state index contributed by atoms with van der Waals surface area (Å²) in [6, 6.07) is 3.47. The van der Waals surface area contributed by atoms with E-state index >= 15 is 0 Å². The monoisotopic (exact) mass is 252 g/mol. The van der Waals surface area contributed by atoms with Gasteiger partial charge in [0.05, 0.1) is 24.8 Å². The van der Waals surface area contributed by atoms with E-state index in [1.54, 1.807) is 33.3 Å². The zero-order valence-corrected chi connectivity index (χ0v) is 10.5. The number of halogens is 1. The molecule has 0 aliphatic carbocycles. The van der Waals surface area contributed by atoms with Crippen LogP contribution in [-0.2, 0) is 0 Å². The van der Waals surface area contributed by atoms with Crippen LogP contribution in [0.5, 0.6) is 11.5 Å². The Balaban J connectivity index is 2.61. The SMILES string of the molecule is COc1cc(OC)c(-c2[c]noc2C)cc1Cl. The summed E-state index contributed by atoms with van der Waals surface area (Å²) in [5.41, 5.74) is 1.50. The first kappa shape index (κ1) is 11.8. The number of hydrogen-bond donors (Lipinski definition) is 0. The fourth-order valence-corrected chi connectivity index (χ4v) is 1.81. The van der Waals surface area contributed by atoms with E-state index < -0.39 is 0 Å². The second kappa shape index (κ2) is 4.67. The van der Waals surface area contributed by atoms with E-state index in [1.165, 1.54) is 0 Å². The molecule has 0 N–H and O–H groups in total. The van der Waals surface area contributed by atoms with Crippen LogP contribution in [-0.4, -0.2) is 19.4 Å². The van der Waals surface area contributed by atoms with Crippen LogP contribution in [0.25, 0.3) is 11.1 Å². The van der Waals surface area contributed by atoms with Crippen molar-refractivity contribution in [3.8, 4) is 22.6 Å². The Morgan fingerprint density at radius 2 is 1.94 bits per heavy atom. The summed E-state index contributed by atoms with van der Waals surface area (Å²) in [7, 11) is 3.13. The Kier molecular flexibility index (Phi) is 3.24. The smallest absolute Gasteiger partial charge is 0.144 e. The molecule has 1 heterocycles. The minimum Gasteiger partial charge on any atom is -0.496 e. The van der Waals surface area contributed by atoms with Crippen molar-refractivity contribution in [1.82, 2.24) is 5.16 Å². The zero-order chi connectivity index (χ0) is 12.4. The molecule has 0 saturated heterocycles. The first-order valence-corrected chi connectivity index (χ1v) is 5.31. The van der Waals surface area contributed by atoms with Crippen LogP contribution in [0.3, 0.4) is 0 Å². The molecular weight excluding hydrogens is 242 g/mol. The molecule has 1 radical (unpaired) electrons. The third kappa shape index (κ3) is 2.08. The van der Waals surface area contributed by atoms with Gasteiger partial charge in [-0.1, -0.05) is 16.8 Å². The van der Waals surface area contributed by atoms with Crippen LogP contribution in [0.1, 0.15) is 5.76 Å². The van der Waals surface area contributed by atoms with E-state index in [0.29, 0.717) is 22.3 Å². The molecule has 0 atom stereocenters. The van der Waals surface area contributed by atoms with Gasteiger partial charge >= 0.3 is 0 Å². The Bertz CT molecular complexity index is 537. The zero-order valence-electron chi connectivity index (χ0n) is 9.70. The van der Waals surface area contributed by atoms with E-state index in [4.69, 9.17) is 25.6 Å². The minimum absolute atomic E-state index is 0.498. The highest BCUT2D eigenvalue weighted by atomic mass is 35.5. The van der Waals surface area contributed by atoms with Gasteiger partial charge < -0.3 is 14.0 Å². The number of ether oxygens (including phenoxy) is 2. The van der Waals surface area contributed by atoms with Gasteiger partial charge in [-0.2, -0.15) is 0 Å². The fourth-order valence-electron chi connectivity index (χ4n) is 1.57. The Morgan fingerprint density at radius 3 is 2.47 bits per heavy atom. The molecule has 0 saturated carbocycles. The standard InChI is InChI=1S/C12H11ClNO3/c1-7-9(6-14-17-7)8-4-10(13)12(16-3)5-11(8)15-2/h4-5H,1-3H3. The molecule has 1 aromatic carbocycles. The van der Waals surface area contributed by atoms with Gasteiger partial charge in [-0.3, -0.25) is 0 Å². The quantitative estimate of drug-likeness (QED) is 0.842. The van der Waals surface area contributed by atoms with Gasteiger partial charge in [0.2, 0.25) is 0 Å². The molecule has 2 rings (SSSR count). The number of methoxy groups -OCH3 is 2. The highest BCUT2D eigenvalue weighted by Crippen LogP contribution is 2.39. The van der Waals surface area contributed by atoms with Crippen LogP contribution >= 0.6 is 11.6 Å². The summed E-state index contributed by atoms with van der Waals surface area (Å²) in [4.78, 5) is 0. The Labute approximate surface area is 104 Å². The third-order valence-corrected chi connectivity index (χ3v) is 2.73. The predicted octanol–water partition coefficient (Wildman–Crippen LogP) is 3.12. The largest absolute Gasteiger partial charge is 0.496 e. The Morgan fingerprint density at radius 1 is 1.24 bits per heavy atom. The summed E-state index contributed by atoms with van der Waals surface area (Å²) in [5, 5.41) is 4.11. The molecule has 17 heavy (non-hydrogen) atoms. The average Bonchev–Trinajstić information content (AvgIpc) is 2.75. The van der Waals surface area contributed by atoms with Crippen molar-refractivity contribution in [2.45, 2.75) is 6.92 Å². The number of hydrogen-bond acceptors (Lipinski definition) is 4. The molecule has 0 amide bonds. The Hall–Kier alpha value is -1.68. The van der Waals surface area contributed by atoms with Crippen molar-refractivity contribution in [1.29, 1.82) is 0 Å². The maximum atomic E-state index is 6.08. The van der Waals surface area contributed by atoms with Crippen LogP contribution in [0, 0.1) is 13.1 Å². The van der Waals surface area contributed by atoms with Gasteiger partial charge in [-0.25, -0.2) is 0 Å². The van der Waals surface area contributed by atoms with Gasteiger partial charge in [0.15, 0.2) is 0 Å². The highest BCUT2D eigenvalue weighted by molar-refractivity contribution is 6.32. The molecule has 0 aliphatic heterocycles. The van der Waals surface area contributed by atoms with E-state index in [2.05, 4.69) is 11.4 Å². The maximum Gasteiger partial charge on any atom is 0.144 e. The molecule has 4 nitrogen and oxygen atoms in total. The number of aryl methyl sites for hydroxylation is 1. The van der Waals surface area contributed by atoms with Crippen molar-refractivity contribution < 1.29 is 14.0 Å². The van der Waals surface area contributed by atoms with Gasteiger partial charge in [-0.05, 0) is 13.0 Å². The summed E-state index contributed by atoms with van der Waals surface area (Å²) < 4.78 is 15.4. The molecule has 1 aromatic heterocycles. The van der Waals surface area contributed by atoms with Crippen LogP contribution < -0.4 is 9.47 Å². The number of aromatic nitrogens is 1. The van der Waals surface area contributed by atoms with Crippen LogP contribution in [0.4, 0.5) is 0 Å². The summed E-state index contributed by atoms with van der Waals surface area (Å²) in [5.74, 6) is 1.85. The molecule has 2 aromatic rings. The molecule has 0 fully saturated rings. The van der Waals surface area contributed by atoms with Crippen LogP contribution in [0.2, 0.25) is 5.02 Å². The molecule has 89 valence electrons. The van der Waals surface area contributed by atoms with Gasteiger partial charge in [-0.15, -0.1) is 0 Å². The lowest BCUT2D eigenvalue weighted by Gasteiger charge is -2.10. The lowest BCUT2D eigenvalue weighted by atomic mass is 10.1. The molecule has 5 heteroatoms. The topological polar surface area (TPSA) is 44.5 Å². The molecule has 0 aliphatic rings. The van der Waals surface area contributed by atoms with Crippen molar-refractivity contribution in [3.05, 3.63) is 29.1 Å². The minimum atomic E-state index is 0.498. The maximum absolute atomic E-state index is 6.08. The number of nitrogens with zero attached hydrogens (tertiary/aromatic N) is 1. The van der Waals surface area contributed by atoms with Gasteiger partial charge in [0.1, 0.15) is 23.5 Å². The van der Waals surface area contributed by atoms with Crippen molar-refractivity contribution in [2.24, 2.45) is 0 Å². The molecule has 0 spiro atoms. The summed E-state index contributed by atoms with van der Waals surface area (Å²) in [6.45, 7) is 1.80. The van der Waals surface area contributed by atoms with Crippen molar-refractivity contribution in [2.75, 3.05) is 14.2 Å². The van der Waals surface area contributed by atoms with E-state index in [0.717, 1.165) is 11.1 Å². The summed E-state index contributed by atoms with van der Waals surface area (Å²) in [6.07, 6.45) is 2.77. The lowest BCUT2D eigenvalue weighted by molar-refractivity contribution is 0.393. The lowest BCUT2D eigenvalue weighted by Crippen LogP contribution is -1.91. The second-order valence-electron chi connectivity index (χ2n) is 3.41. The first-order chi connectivity index (χ1) is 8.17. The summed E-state index contributed by atoms with van der Waals surface area (Å²) >= 11 is 6.08. The number of rotatable bonds is 3. The van der Waals surface area contributed by atoms with Crippen molar-refractivity contribution >= 4 is 11.6 Å². The van der Waals surface area contributed by atoms with E-state index in [1.807, 2.05) is 0 Å². The van der Waals surface area contributed by atoms with E-state index in [9.17, 15) is 0 Å². The molecular formula is C12H11ClNO3. The van der Waals surface area contributed by atoms with Gasteiger partial charge in [0, 0.05) is 11.6 Å².